The highest BCUT2D eigenvalue weighted by molar-refractivity contribution is 5.99. The maximum atomic E-state index is 5.85. The van der Waals surface area contributed by atoms with Gasteiger partial charge in [-0.25, -0.2) is 4.99 Å². The highest BCUT2D eigenvalue weighted by Gasteiger charge is 2.09. The minimum atomic E-state index is 0.544. The Bertz CT molecular complexity index is 926. The first-order valence-corrected chi connectivity index (χ1v) is 9.95. The number of hydrogen-bond acceptors (Lipinski definition) is 4. The van der Waals surface area contributed by atoms with Crippen molar-refractivity contribution in [2.24, 2.45) is 4.99 Å². The Labute approximate surface area is 178 Å². The van der Waals surface area contributed by atoms with E-state index in [9.17, 15) is 0 Å². The molecule has 0 fully saturated rings. The Morgan fingerprint density at radius 2 is 1.30 bits per heavy atom. The molecule has 0 atom stereocenters. The maximum absolute atomic E-state index is 5.85. The molecule has 0 aliphatic rings. The van der Waals surface area contributed by atoms with E-state index < -0.39 is 0 Å². The molecule has 0 aromatic heterocycles. The summed E-state index contributed by atoms with van der Waals surface area (Å²) < 4.78 is 16.5. The number of aliphatic imine (C=N–C) groups is 1. The molecule has 0 amide bonds. The molecule has 0 heterocycles. The van der Waals surface area contributed by atoms with Crippen LogP contribution in [0.3, 0.4) is 0 Å². The molecule has 0 aliphatic carbocycles. The number of nitrogens with zero attached hydrogens (tertiary/aromatic N) is 1. The molecule has 3 aromatic carbocycles. The van der Waals surface area contributed by atoms with Crippen LogP contribution in [0.15, 0.2) is 89.9 Å². The molecule has 30 heavy (non-hydrogen) atoms. The molecule has 154 valence electrons. The van der Waals surface area contributed by atoms with Gasteiger partial charge in [-0.2, -0.15) is 0 Å². The zero-order chi connectivity index (χ0) is 21.2. The fraction of sp³-hybridized carbons (Fsp3) is 0.192. The zero-order valence-electron chi connectivity index (χ0n) is 17.7. The van der Waals surface area contributed by atoms with Gasteiger partial charge in [0.15, 0.2) is 0 Å². The van der Waals surface area contributed by atoms with E-state index in [1.165, 1.54) is 0 Å². The lowest BCUT2D eigenvalue weighted by atomic mass is 9.97. The van der Waals surface area contributed by atoms with Crippen molar-refractivity contribution in [2.45, 2.75) is 13.5 Å². The molecule has 0 bridgehead atoms. The molecule has 3 aromatic rings. The van der Waals surface area contributed by atoms with E-state index >= 15 is 0 Å². The summed E-state index contributed by atoms with van der Waals surface area (Å²) in [7, 11) is 3.33. The van der Waals surface area contributed by atoms with Crippen LogP contribution >= 0.6 is 0 Å². The average molecular weight is 402 g/mol. The zero-order valence-corrected chi connectivity index (χ0v) is 17.7. The maximum Gasteiger partial charge on any atom is 0.209 e. The summed E-state index contributed by atoms with van der Waals surface area (Å²) in [4.78, 5) is 4.71. The highest BCUT2D eigenvalue weighted by atomic mass is 16.5. The van der Waals surface area contributed by atoms with Crippen LogP contribution in [0.25, 0.3) is 5.57 Å². The Hall–Kier alpha value is -3.53. The fourth-order valence-corrected chi connectivity index (χ4v) is 3.03. The van der Waals surface area contributed by atoms with E-state index in [0.29, 0.717) is 19.0 Å². The first-order valence-electron chi connectivity index (χ1n) is 9.95. The standard InChI is InChI=1S/C26H27NO3/c1-4-30-26(27-19-20-8-6-5-7-9-20)18-25(21-10-14-23(28-2)15-11-21)22-12-16-24(29-3)17-13-22/h5-18H,4,19H2,1-3H3. The topological polar surface area (TPSA) is 40.0 Å². The molecule has 3 rings (SSSR count). The lowest BCUT2D eigenvalue weighted by Crippen LogP contribution is -2.04. The Morgan fingerprint density at radius 1 is 0.767 bits per heavy atom. The Kier molecular flexibility index (Phi) is 7.67. The normalized spacial score (nSPS) is 11.0. The van der Waals surface area contributed by atoms with Gasteiger partial charge in [-0.1, -0.05) is 54.6 Å². The quantitative estimate of drug-likeness (QED) is 0.355. The van der Waals surface area contributed by atoms with Crippen molar-refractivity contribution in [1.82, 2.24) is 0 Å². The van der Waals surface area contributed by atoms with Gasteiger partial charge in [0.05, 0.1) is 27.4 Å². The molecule has 0 unspecified atom stereocenters. The van der Waals surface area contributed by atoms with Crippen molar-refractivity contribution in [1.29, 1.82) is 0 Å². The number of ether oxygens (including phenoxy) is 3. The third kappa shape index (κ3) is 5.74. The first kappa shape index (κ1) is 21.2. The molecule has 0 saturated heterocycles. The summed E-state index contributed by atoms with van der Waals surface area (Å²) in [5, 5.41) is 0. The van der Waals surface area contributed by atoms with Crippen molar-refractivity contribution >= 4 is 11.5 Å². The molecule has 4 heteroatoms. The van der Waals surface area contributed by atoms with Crippen molar-refractivity contribution in [3.8, 4) is 11.5 Å². The summed E-state index contributed by atoms with van der Waals surface area (Å²) in [5.41, 5.74) is 4.25. The smallest absolute Gasteiger partial charge is 0.209 e. The minimum Gasteiger partial charge on any atom is -0.497 e. The largest absolute Gasteiger partial charge is 0.497 e. The molecule has 0 saturated carbocycles. The Balaban J connectivity index is 2.01. The van der Waals surface area contributed by atoms with Crippen molar-refractivity contribution in [3.63, 3.8) is 0 Å². The summed E-state index contributed by atoms with van der Waals surface area (Å²) in [6, 6.07) is 26.1. The molecule has 0 spiro atoms. The van der Waals surface area contributed by atoms with Crippen LogP contribution in [0.1, 0.15) is 23.6 Å². The van der Waals surface area contributed by atoms with Crippen molar-refractivity contribution in [3.05, 3.63) is 102 Å². The molecule has 0 aliphatic heterocycles. The lowest BCUT2D eigenvalue weighted by molar-refractivity contribution is 0.328. The van der Waals surface area contributed by atoms with Crippen LogP contribution in [0.5, 0.6) is 11.5 Å². The van der Waals surface area contributed by atoms with E-state index in [1.807, 2.05) is 79.7 Å². The highest BCUT2D eigenvalue weighted by Crippen LogP contribution is 2.27. The molecule has 4 nitrogen and oxygen atoms in total. The van der Waals surface area contributed by atoms with Crippen LogP contribution < -0.4 is 9.47 Å². The number of hydrogen-bond donors (Lipinski definition) is 0. The predicted octanol–water partition coefficient (Wildman–Crippen LogP) is 5.77. The summed E-state index contributed by atoms with van der Waals surface area (Å²) >= 11 is 0. The van der Waals surface area contributed by atoms with Gasteiger partial charge in [-0.05, 0) is 53.5 Å². The molecule has 0 radical (unpaired) electrons. The molecular formula is C26H27NO3. The number of methoxy groups -OCH3 is 2. The molecular weight excluding hydrogens is 374 g/mol. The third-order valence-electron chi connectivity index (χ3n) is 4.62. The first-order chi connectivity index (χ1) is 14.7. The van der Waals surface area contributed by atoms with E-state index in [4.69, 9.17) is 19.2 Å². The SMILES string of the molecule is CCOC(C=C(c1ccc(OC)cc1)c1ccc(OC)cc1)=NCc1ccccc1. The van der Waals surface area contributed by atoms with E-state index in [1.54, 1.807) is 14.2 Å². The Morgan fingerprint density at radius 3 is 1.77 bits per heavy atom. The average Bonchev–Trinajstić information content (AvgIpc) is 2.82. The van der Waals surface area contributed by atoms with Crippen LogP contribution in [0.4, 0.5) is 0 Å². The van der Waals surface area contributed by atoms with Gasteiger partial charge in [0, 0.05) is 6.08 Å². The third-order valence-corrected chi connectivity index (χ3v) is 4.62. The second-order valence-electron chi connectivity index (χ2n) is 6.59. The van der Waals surface area contributed by atoms with Crippen LogP contribution in [-0.4, -0.2) is 26.7 Å². The van der Waals surface area contributed by atoms with Gasteiger partial charge in [0.2, 0.25) is 5.90 Å². The minimum absolute atomic E-state index is 0.544. The van der Waals surface area contributed by atoms with Gasteiger partial charge in [0.1, 0.15) is 11.5 Å². The fourth-order valence-electron chi connectivity index (χ4n) is 3.03. The van der Waals surface area contributed by atoms with Crippen LogP contribution in [0.2, 0.25) is 0 Å². The molecule has 0 N–H and O–H groups in total. The summed E-state index contributed by atoms with van der Waals surface area (Å²) in [6.07, 6.45) is 2.00. The van der Waals surface area contributed by atoms with Gasteiger partial charge < -0.3 is 14.2 Å². The number of rotatable bonds is 8. The van der Waals surface area contributed by atoms with Gasteiger partial charge in [-0.3, -0.25) is 0 Å². The van der Waals surface area contributed by atoms with E-state index in [2.05, 4.69) is 12.1 Å². The summed E-state index contributed by atoms with van der Waals surface area (Å²) in [6.45, 7) is 3.07. The van der Waals surface area contributed by atoms with Crippen molar-refractivity contribution in [2.75, 3.05) is 20.8 Å². The van der Waals surface area contributed by atoms with E-state index in [-0.39, 0.29) is 0 Å². The predicted molar refractivity (Wildman–Crippen MR) is 122 cm³/mol. The second-order valence-corrected chi connectivity index (χ2v) is 6.59. The van der Waals surface area contributed by atoms with Gasteiger partial charge in [0.25, 0.3) is 0 Å². The van der Waals surface area contributed by atoms with Gasteiger partial charge in [-0.15, -0.1) is 0 Å². The summed E-state index contributed by atoms with van der Waals surface area (Å²) in [5.74, 6) is 2.23. The lowest BCUT2D eigenvalue weighted by Gasteiger charge is -2.12. The van der Waals surface area contributed by atoms with E-state index in [0.717, 1.165) is 33.8 Å². The number of benzene rings is 3. The second kappa shape index (κ2) is 10.9. The monoisotopic (exact) mass is 401 g/mol. The van der Waals surface area contributed by atoms with Gasteiger partial charge >= 0.3 is 0 Å². The van der Waals surface area contributed by atoms with Crippen LogP contribution in [0, 0.1) is 0 Å². The van der Waals surface area contributed by atoms with Crippen molar-refractivity contribution < 1.29 is 14.2 Å². The van der Waals surface area contributed by atoms with Crippen LogP contribution in [-0.2, 0) is 11.3 Å².